The van der Waals surface area contributed by atoms with Gasteiger partial charge in [0.15, 0.2) is 0 Å². The minimum absolute atomic E-state index is 0.0772. The Morgan fingerprint density at radius 2 is 1.55 bits per heavy atom. The average Bonchev–Trinajstić information content (AvgIpc) is 2.82. The second kappa shape index (κ2) is 11.8. The monoisotopic (exact) mass is 419 g/mol. The normalized spacial score (nSPS) is 10.5. The number of carbonyl (C=O) groups excluding carboxylic acids is 1. The molecule has 3 rings (SSSR count). The van der Waals surface area contributed by atoms with Gasteiger partial charge in [-0.25, -0.2) is 4.79 Å². The van der Waals surface area contributed by atoms with Crippen LogP contribution in [0.2, 0.25) is 0 Å². The quantitative estimate of drug-likeness (QED) is 0.521. The maximum atomic E-state index is 12.9. The Hall–Kier alpha value is -3.31. The first-order valence-corrected chi connectivity index (χ1v) is 10.5. The van der Waals surface area contributed by atoms with E-state index < -0.39 is 0 Å². The van der Waals surface area contributed by atoms with E-state index in [0.29, 0.717) is 25.9 Å². The van der Waals surface area contributed by atoms with E-state index in [1.54, 1.807) is 12.0 Å². The smallest absolute Gasteiger partial charge is 0.410 e. The molecule has 0 spiro atoms. The summed E-state index contributed by atoms with van der Waals surface area (Å²) in [5.74, 6) is 0.757. The van der Waals surface area contributed by atoms with Gasteiger partial charge in [-0.05, 0) is 41.2 Å². The maximum absolute atomic E-state index is 12.9. The van der Waals surface area contributed by atoms with Crippen LogP contribution in [0.1, 0.15) is 22.3 Å². The van der Waals surface area contributed by atoms with Gasteiger partial charge in [-0.15, -0.1) is 0 Å². The highest BCUT2D eigenvalue weighted by Crippen LogP contribution is 2.21. The Bertz CT molecular complexity index is 944. The van der Waals surface area contributed by atoms with Crippen LogP contribution in [0.15, 0.2) is 78.9 Å². The summed E-state index contributed by atoms with van der Waals surface area (Å²) in [5.41, 5.74) is 4.04. The van der Waals surface area contributed by atoms with Crippen molar-refractivity contribution in [2.24, 2.45) is 0 Å². The van der Waals surface area contributed by atoms with Crippen molar-refractivity contribution in [3.8, 4) is 5.75 Å². The van der Waals surface area contributed by atoms with Crippen molar-refractivity contribution in [1.82, 2.24) is 4.90 Å². The number of hydrogen-bond acceptors (Lipinski definition) is 4. The third kappa shape index (κ3) is 6.86. The van der Waals surface area contributed by atoms with Crippen LogP contribution in [0.5, 0.6) is 5.75 Å². The summed E-state index contributed by atoms with van der Waals surface area (Å²) in [6.45, 7) is 1.32. The summed E-state index contributed by atoms with van der Waals surface area (Å²) in [7, 11) is 1.63. The molecule has 5 nitrogen and oxygen atoms in total. The van der Waals surface area contributed by atoms with Gasteiger partial charge in [0.1, 0.15) is 12.4 Å². The van der Waals surface area contributed by atoms with Crippen LogP contribution in [0.25, 0.3) is 0 Å². The minimum Gasteiger partial charge on any atom is -0.496 e. The summed E-state index contributed by atoms with van der Waals surface area (Å²) in [5, 5.41) is 9.21. The third-order valence-electron chi connectivity index (χ3n) is 5.08. The number of carbonyl (C=O) groups is 1. The van der Waals surface area contributed by atoms with Crippen LogP contribution in [0, 0.1) is 0 Å². The van der Waals surface area contributed by atoms with Crippen LogP contribution in [0.4, 0.5) is 4.79 Å². The fourth-order valence-electron chi connectivity index (χ4n) is 3.38. The van der Waals surface area contributed by atoms with Gasteiger partial charge >= 0.3 is 6.09 Å². The lowest BCUT2D eigenvalue weighted by Crippen LogP contribution is -2.33. The molecule has 0 bridgehead atoms. The van der Waals surface area contributed by atoms with Gasteiger partial charge in [0.2, 0.25) is 0 Å². The number of nitrogens with zero attached hydrogens (tertiary/aromatic N) is 1. The Kier molecular flexibility index (Phi) is 8.49. The molecule has 0 saturated heterocycles. The first kappa shape index (κ1) is 22.4. The molecule has 0 atom stereocenters. The zero-order valence-electron chi connectivity index (χ0n) is 17.9. The van der Waals surface area contributed by atoms with E-state index in [-0.39, 0.29) is 19.3 Å². The predicted molar refractivity (Wildman–Crippen MR) is 121 cm³/mol. The number of hydrogen-bond donors (Lipinski definition) is 1. The lowest BCUT2D eigenvalue weighted by atomic mass is 10.1. The van der Waals surface area contributed by atoms with Crippen molar-refractivity contribution in [3.63, 3.8) is 0 Å². The molecule has 3 aromatic rings. The lowest BCUT2D eigenvalue weighted by Gasteiger charge is -2.23. The topological polar surface area (TPSA) is 59.0 Å². The molecule has 1 N–H and O–H groups in total. The summed E-state index contributed by atoms with van der Waals surface area (Å²) in [6.07, 6.45) is 0.884. The van der Waals surface area contributed by atoms with Crippen molar-refractivity contribution in [2.75, 3.05) is 20.3 Å². The second-order valence-corrected chi connectivity index (χ2v) is 7.32. The van der Waals surface area contributed by atoms with Gasteiger partial charge in [-0.2, -0.15) is 0 Å². The highest BCUT2D eigenvalue weighted by Gasteiger charge is 2.16. The standard InChI is InChI=1S/C26H29NO4/c1-30-25-18-21(12-13-24(25)15-17-28)14-16-27(19-22-8-4-2-5-9-22)26(29)31-20-23-10-6-3-7-11-23/h2-13,18,28H,14-17,19-20H2,1H3. The van der Waals surface area contributed by atoms with Crippen molar-refractivity contribution >= 4 is 6.09 Å². The van der Waals surface area contributed by atoms with Crippen LogP contribution in [-0.4, -0.2) is 36.4 Å². The fraction of sp³-hybridized carbons (Fsp3) is 0.269. The molecule has 0 unspecified atom stereocenters. The van der Waals surface area contributed by atoms with Gasteiger partial charge < -0.3 is 19.5 Å². The molecule has 5 heteroatoms. The molecule has 3 aromatic carbocycles. The van der Waals surface area contributed by atoms with Crippen molar-refractivity contribution in [2.45, 2.75) is 26.0 Å². The molecule has 1 amide bonds. The van der Waals surface area contributed by atoms with E-state index in [1.807, 2.05) is 78.9 Å². The lowest BCUT2D eigenvalue weighted by molar-refractivity contribution is 0.0940. The van der Waals surface area contributed by atoms with Crippen LogP contribution >= 0.6 is 0 Å². The Balaban J connectivity index is 1.68. The minimum atomic E-state index is -0.337. The van der Waals surface area contributed by atoms with E-state index in [9.17, 15) is 9.90 Å². The molecule has 0 radical (unpaired) electrons. The van der Waals surface area contributed by atoms with Crippen molar-refractivity contribution in [1.29, 1.82) is 0 Å². The zero-order valence-corrected chi connectivity index (χ0v) is 17.9. The van der Waals surface area contributed by atoms with E-state index in [2.05, 4.69) is 0 Å². The Morgan fingerprint density at radius 1 is 0.871 bits per heavy atom. The zero-order chi connectivity index (χ0) is 21.9. The van der Waals surface area contributed by atoms with E-state index in [1.165, 1.54) is 0 Å². The summed E-state index contributed by atoms with van der Waals surface area (Å²) in [6, 6.07) is 25.5. The third-order valence-corrected chi connectivity index (χ3v) is 5.08. The second-order valence-electron chi connectivity index (χ2n) is 7.32. The first-order chi connectivity index (χ1) is 15.2. The Labute approximate surface area is 183 Å². The van der Waals surface area contributed by atoms with E-state index in [0.717, 1.165) is 28.0 Å². The van der Waals surface area contributed by atoms with Crippen LogP contribution in [-0.2, 0) is 30.7 Å². The molecule has 0 heterocycles. The summed E-state index contributed by atoms with van der Waals surface area (Å²) in [4.78, 5) is 14.6. The molecule has 31 heavy (non-hydrogen) atoms. The number of methoxy groups -OCH3 is 1. The van der Waals surface area contributed by atoms with Gasteiger partial charge in [-0.1, -0.05) is 72.8 Å². The number of rotatable bonds is 10. The van der Waals surface area contributed by atoms with Gasteiger partial charge in [0.25, 0.3) is 0 Å². The molecule has 0 aliphatic heterocycles. The maximum Gasteiger partial charge on any atom is 0.410 e. The molecule has 162 valence electrons. The van der Waals surface area contributed by atoms with Gasteiger partial charge in [-0.3, -0.25) is 0 Å². The van der Waals surface area contributed by atoms with Crippen molar-refractivity contribution < 1.29 is 19.4 Å². The number of aliphatic hydroxyl groups excluding tert-OH is 1. The summed E-state index contributed by atoms with van der Waals surface area (Å²) >= 11 is 0. The molecular formula is C26H29NO4. The summed E-state index contributed by atoms with van der Waals surface area (Å²) < 4.78 is 11.0. The van der Waals surface area contributed by atoms with Crippen molar-refractivity contribution in [3.05, 3.63) is 101 Å². The molecule has 0 aliphatic carbocycles. The predicted octanol–water partition coefficient (Wildman–Crippen LogP) is 4.61. The van der Waals surface area contributed by atoms with E-state index >= 15 is 0 Å². The Morgan fingerprint density at radius 3 is 2.19 bits per heavy atom. The van der Waals surface area contributed by atoms with E-state index in [4.69, 9.17) is 9.47 Å². The molecule has 0 saturated carbocycles. The number of ether oxygens (including phenoxy) is 2. The number of benzene rings is 3. The fourth-order valence-corrected chi connectivity index (χ4v) is 3.38. The highest BCUT2D eigenvalue weighted by atomic mass is 16.6. The molecule has 0 aliphatic rings. The molecule has 0 fully saturated rings. The SMILES string of the molecule is COc1cc(CCN(Cc2ccccc2)C(=O)OCc2ccccc2)ccc1CCO. The largest absolute Gasteiger partial charge is 0.496 e. The van der Waals surface area contributed by atoms with Gasteiger partial charge in [0, 0.05) is 19.7 Å². The average molecular weight is 420 g/mol. The van der Waals surface area contributed by atoms with Crippen LogP contribution in [0.3, 0.4) is 0 Å². The molecular weight excluding hydrogens is 390 g/mol. The van der Waals surface area contributed by atoms with Gasteiger partial charge in [0.05, 0.1) is 7.11 Å². The number of aliphatic hydroxyl groups is 1. The molecule has 0 aromatic heterocycles. The highest BCUT2D eigenvalue weighted by molar-refractivity contribution is 5.67. The van der Waals surface area contributed by atoms with Crippen LogP contribution < -0.4 is 4.74 Å². The number of amides is 1. The first-order valence-electron chi connectivity index (χ1n) is 10.5.